The highest BCUT2D eigenvalue weighted by atomic mass is 16.5. The van der Waals surface area contributed by atoms with Crippen LogP contribution < -0.4 is 10.6 Å². The molecule has 2 heterocycles. The van der Waals surface area contributed by atoms with E-state index in [1.54, 1.807) is 24.3 Å². The molecule has 0 atom stereocenters. The number of imidazole rings is 1. The third-order valence-corrected chi connectivity index (χ3v) is 4.81. The molecule has 1 aromatic carbocycles. The third kappa shape index (κ3) is 5.41. The first kappa shape index (κ1) is 20.5. The molecule has 1 saturated heterocycles. The maximum atomic E-state index is 12.5. The van der Waals surface area contributed by atoms with Crippen LogP contribution in [-0.2, 0) is 4.74 Å². The molecule has 29 heavy (non-hydrogen) atoms. The minimum atomic E-state index is -0.516. The molecule has 0 bridgehead atoms. The van der Waals surface area contributed by atoms with Gasteiger partial charge in [-0.05, 0) is 50.2 Å². The van der Waals surface area contributed by atoms with Crippen molar-refractivity contribution in [1.29, 1.82) is 0 Å². The summed E-state index contributed by atoms with van der Waals surface area (Å²) in [6.07, 6.45) is 4.97. The second-order valence-corrected chi connectivity index (χ2v) is 6.81. The minimum Gasteiger partial charge on any atom is -0.465 e. The van der Waals surface area contributed by atoms with Crippen molar-refractivity contribution in [2.24, 2.45) is 0 Å². The van der Waals surface area contributed by atoms with Gasteiger partial charge in [-0.15, -0.1) is 0 Å². The number of nitrogens with zero attached hydrogens (tertiary/aromatic N) is 2. The predicted octanol–water partition coefficient (Wildman–Crippen LogP) is 1.66. The van der Waals surface area contributed by atoms with Crippen LogP contribution in [0.1, 0.15) is 50.6 Å². The molecule has 0 spiro atoms. The summed E-state index contributed by atoms with van der Waals surface area (Å²) >= 11 is 0. The highest BCUT2D eigenvalue weighted by Crippen LogP contribution is 2.13. The number of aromatic nitrogens is 2. The van der Waals surface area contributed by atoms with E-state index in [-0.39, 0.29) is 17.3 Å². The van der Waals surface area contributed by atoms with Crippen molar-refractivity contribution in [2.45, 2.75) is 19.3 Å². The number of benzene rings is 1. The molecule has 0 saturated carbocycles. The first-order valence-electron chi connectivity index (χ1n) is 9.62. The van der Waals surface area contributed by atoms with E-state index in [4.69, 9.17) is 0 Å². The van der Waals surface area contributed by atoms with E-state index in [2.05, 4.69) is 30.2 Å². The van der Waals surface area contributed by atoms with Gasteiger partial charge in [0.15, 0.2) is 5.69 Å². The average Bonchev–Trinajstić information content (AvgIpc) is 3.25. The molecule has 3 rings (SSSR count). The second-order valence-electron chi connectivity index (χ2n) is 6.81. The van der Waals surface area contributed by atoms with Crippen LogP contribution in [0.5, 0.6) is 0 Å². The van der Waals surface area contributed by atoms with Crippen LogP contribution in [0.25, 0.3) is 0 Å². The molecular weight excluding hydrogens is 374 g/mol. The lowest BCUT2D eigenvalue weighted by atomic mass is 10.1. The largest absolute Gasteiger partial charge is 0.465 e. The zero-order valence-corrected chi connectivity index (χ0v) is 16.4. The van der Waals surface area contributed by atoms with Gasteiger partial charge < -0.3 is 25.3 Å². The molecule has 3 N–H and O–H groups in total. The van der Waals surface area contributed by atoms with Gasteiger partial charge in [-0.2, -0.15) is 0 Å². The maximum Gasteiger partial charge on any atom is 0.337 e. The van der Waals surface area contributed by atoms with Gasteiger partial charge in [0.2, 0.25) is 0 Å². The number of aromatic amines is 1. The molecule has 0 aliphatic carbocycles. The van der Waals surface area contributed by atoms with Gasteiger partial charge in [0.1, 0.15) is 5.69 Å². The highest BCUT2D eigenvalue weighted by molar-refractivity contribution is 6.10. The Kier molecular flexibility index (Phi) is 6.96. The zero-order valence-electron chi connectivity index (χ0n) is 16.4. The molecular formula is C20H25N5O4. The Balaban J connectivity index is 1.56. The van der Waals surface area contributed by atoms with Crippen LogP contribution in [0.3, 0.4) is 0 Å². The van der Waals surface area contributed by atoms with Crippen molar-refractivity contribution in [1.82, 2.24) is 20.2 Å². The SMILES string of the molecule is COC(=O)c1ccc(NC(=O)c2nc[nH]c2C(=O)NCCN2CCCCC2)cc1. The number of amides is 2. The lowest BCUT2D eigenvalue weighted by Crippen LogP contribution is -2.38. The Morgan fingerprint density at radius 2 is 1.83 bits per heavy atom. The number of piperidine rings is 1. The van der Waals surface area contributed by atoms with Gasteiger partial charge in [0.25, 0.3) is 11.8 Å². The van der Waals surface area contributed by atoms with Crippen LogP contribution in [-0.4, -0.2) is 65.9 Å². The monoisotopic (exact) mass is 399 g/mol. The standard InChI is InChI=1S/C20H25N5O4/c1-29-20(28)14-5-7-15(8-6-14)24-19(27)17-16(22-13-23-17)18(26)21-9-12-25-10-3-2-4-11-25/h5-8,13H,2-4,9-12H2,1H3,(H,21,26)(H,22,23)(H,24,27). The van der Waals surface area contributed by atoms with Crippen molar-refractivity contribution in [3.05, 3.63) is 47.5 Å². The Morgan fingerprint density at radius 1 is 1.10 bits per heavy atom. The molecule has 1 fully saturated rings. The molecule has 9 heteroatoms. The van der Waals surface area contributed by atoms with Crippen molar-refractivity contribution in [3.8, 4) is 0 Å². The lowest BCUT2D eigenvalue weighted by molar-refractivity contribution is 0.0600. The van der Waals surface area contributed by atoms with Gasteiger partial charge in [-0.25, -0.2) is 9.78 Å². The number of H-pyrrole nitrogens is 1. The van der Waals surface area contributed by atoms with Crippen LogP contribution in [0.15, 0.2) is 30.6 Å². The molecule has 1 aromatic heterocycles. The number of methoxy groups -OCH3 is 1. The van der Waals surface area contributed by atoms with Crippen molar-refractivity contribution < 1.29 is 19.1 Å². The fraction of sp³-hybridized carbons (Fsp3) is 0.400. The molecule has 154 valence electrons. The third-order valence-electron chi connectivity index (χ3n) is 4.81. The summed E-state index contributed by atoms with van der Waals surface area (Å²) in [5.41, 5.74) is 0.978. The number of hydrogen-bond acceptors (Lipinski definition) is 6. The molecule has 2 amide bonds. The summed E-state index contributed by atoms with van der Waals surface area (Å²) < 4.78 is 4.64. The second kappa shape index (κ2) is 9.83. The predicted molar refractivity (Wildman–Crippen MR) is 107 cm³/mol. The number of carbonyl (C=O) groups excluding carboxylic acids is 3. The van der Waals surface area contributed by atoms with E-state index in [0.29, 0.717) is 17.8 Å². The lowest BCUT2D eigenvalue weighted by Gasteiger charge is -2.26. The van der Waals surface area contributed by atoms with Gasteiger partial charge in [0, 0.05) is 18.8 Å². The van der Waals surface area contributed by atoms with Crippen molar-refractivity contribution in [3.63, 3.8) is 0 Å². The number of rotatable bonds is 7. The summed E-state index contributed by atoms with van der Waals surface area (Å²) in [5, 5.41) is 5.50. The number of likely N-dealkylation sites (tertiary alicyclic amines) is 1. The van der Waals surface area contributed by atoms with E-state index in [9.17, 15) is 14.4 Å². The Labute approximate surface area is 168 Å². The first-order valence-corrected chi connectivity index (χ1v) is 9.62. The van der Waals surface area contributed by atoms with E-state index in [1.807, 2.05) is 0 Å². The van der Waals surface area contributed by atoms with E-state index in [0.717, 1.165) is 19.6 Å². The fourth-order valence-electron chi connectivity index (χ4n) is 3.24. The Morgan fingerprint density at radius 3 is 2.52 bits per heavy atom. The number of hydrogen-bond donors (Lipinski definition) is 3. The average molecular weight is 399 g/mol. The topological polar surface area (TPSA) is 116 Å². The van der Waals surface area contributed by atoms with Gasteiger partial charge in [0.05, 0.1) is 19.0 Å². The summed E-state index contributed by atoms with van der Waals surface area (Å²) in [6, 6.07) is 6.24. The number of esters is 1. The molecule has 0 unspecified atom stereocenters. The fourth-order valence-corrected chi connectivity index (χ4v) is 3.24. The molecule has 1 aliphatic rings. The quantitative estimate of drug-likeness (QED) is 0.610. The summed E-state index contributed by atoms with van der Waals surface area (Å²) in [6.45, 7) is 3.41. The van der Waals surface area contributed by atoms with Crippen LogP contribution in [0, 0.1) is 0 Å². The first-order chi connectivity index (χ1) is 14.1. The van der Waals surface area contributed by atoms with Crippen LogP contribution in [0.4, 0.5) is 5.69 Å². The Hall–Kier alpha value is -3.20. The summed E-state index contributed by atoms with van der Waals surface area (Å²) in [4.78, 5) is 45.5. The van der Waals surface area contributed by atoms with Gasteiger partial charge >= 0.3 is 5.97 Å². The number of nitrogens with one attached hydrogen (secondary N) is 3. The number of anilines is 1. The van der Waals surface area contributed by atoms with Gasteiger partial charge in [-0.3, -0.25) is 9.59 Å². The number of ether oxygens (including phenoxy) is 1. The molecule has 9 nitrogen and oxygen atoms in total. The van der Waals surface area contributed by atoms with Crippen LogP contribution >= 0.6 is 0 Å². The van der Waals surface area contributed by atoms with Gasteiger partial charge in [-0.1, -0.05) is 6.42 Å². The molecule has 2 aromatic rings. The normalized spacial score (nSPS) is 14.2. The molecule has 1 aliphatic heterocycles. The smallest absolute Gasteiger partial charge is 0.337 e. The van der Waals surface area contributed by atoms with E-state index in [1.165, 1.54) is 32.7 Å². The zero-order chi connectivity index (χ0) is 20.6. The maximum absolute atomic E-state index is 12.5. The Bertz CT molecular complexity index is 856. The summed E-state index contributed by atoms with van der Waals surface area (Å²) in [5.74, 6) is -1.34. The van der Waals surface area contributed by atoms with E-state index < -0.39 is 11.9 Å². The van der Waals surface area contributed by atoms with Crippen molar-refractivity contribution in [2.75, 3.05) is 38.6 Å². The highest BCUT2D eigenvalue weighted by Gasteiger charge is 2.21. The molecule has 0 radical (unpaired) electrons. The number of carbonyl (C=O) groups is 3. The minimum absolute atomic E-state index is 0.0116. The van der Waals surface area contributed by atoms with Crippen molar-refractivity contribution >= 4 is 23.5 Å². The summed E-state index contributed by atoms with van der Waals surface area (Å²) in [7, 11) is 1.30. The van der Waals surface area contributed by atoms with Crippen LogP contribution in [0.2, 0.25) is 0 Å². The van der Waals surface area contributed by atoms with E-state index >= 15 is 0 Å².